The Morgan fingerprint density at radius 2 is 2.26 bits per heavy atom. The van der Waals surface area contributed by atoms with Crippen LogP contribution in [0.5, 0.6) is 0 Å². The summed E-state index contributed by atoms with van der Waals surface area (Å²) in [6, 6.07) is 1.51. The normalized spacial score (nSPS) is 19.5. The van der Waals surface area contributed by atoms with Crippen molar-refractivity contribution in [1.29, 1.82) is 0 Å². The lowest BCUT2D eigenvalue weighted by Crippen LogP contribution is -2.24. The van der Waals surface area contributed by atoms with E-state index in [1.807, 2.05) is 0 Å². The Labute approximate surface area is 112 Å². The molecule has 2 rings (SSSR count). The number of carboxylic acids is 1. The minimum Gasteiger partial charge on any atom is -0.478 e. The van der Waals surface area contributed by atoms with E-state index in [9.17, 15) is 9.59 Å². The first-order valence-electron chi connectivity index (χ1n) is 6.49. The van der Waals surface area contributed by atoms with E-state index in [-0.39, 0.29) is 11.5 Å². The molecule has 1 saturated heterocycles. The molecule has 1 aromatic rings. The van der Waals surface area contributed by atoms with Gasteiger partial charge in [0.1, 0.15) is 17.1 Å². The van der Waals surface area contributed by atoms with Crippen molar-refractivity contribution in [3.8, 4) is 0 Å². The van der Waals surface area contributed by atoms with Crippen LogP contribution in [0.25, 0.3) is 0 Å². The van der Waals surface area contributed by atoms with Crippen molar-refractivity contribution in [3.05, 3.63) is 23.2 Å². The molecular weight excluding hydrogens is 246 g/mol. The van der Waals surface area contributed by atoms with E-state index in [1.54, 1.807) is 11.8 Å². The number of furan rings is 1. The number of amides is 1. The van der Waals surface area contributed by atoms with Crippen molar-refractivity contribution in [1.82, 2.24) is 4.90 Å². The maximum Gasteiger partial charge on any atom is 0.339 e. The fourth-order valence-corrected chi connectivity index (χ4v) is 2.42. The average molecular weight is 265 g/mol. The molecule has 1 aromatic heterocycles. The Morgan fingerprint density at radius 1 is 1.58 bits per heavy atom. The summed E-state index contributed by atoms with van der Waals surface area (Å²) in [6.45, 7) is 6.92. The van der Waals surface area contributed by atoms with E-state index in [0.717, 1.165) is 6.54 Å². The fraction of sp³-hybridized carbons (Fsp3) is 0.571. The van der Waals surface area contributed by atoms with Crippen LogP contribution in [-0.2, 0) is 11.3 Å². The molecule has 1 aliphatic heterocycles. The van der Waals surface area contributed by atoms with Crippen LogP contribution in [0.4, 0.5) is 0 Å². The summed E-state index contributed by atoms with van der Waals surface area (Å²) in [5.41, 5.74) is 0.169. The number of carbonyl (C=O) groups is 2. The second-order valence-electron chi connectivity index (χ2n) is 5.47. The number of aryl methyl sites for hydroxylation is 1. The molecule has 0 aromatic carbocycles. The van der Waals surface area contributed by atoms with Gasteiger partial charge < -0.3 is 14.4 Å². The number of hydrogen-bond acceptors (Lipinski definition) is 3. The van der Waals surface area contributed by atoms with Gasteiger partial charge in [0.05, 0.1) is 6.54 Å². The molecule has 1 N–H and O–H groups in total. The average Bonchev–Trinajstić information content (AvgIpc) is 2.84. The lowest BCUT2D eigenvalue weighted by atomic mass is 9.95. The standard InChI is InChI=1S/C14H19NO4/c1-8(2)10-4-13(16)15(6-10)7-11-5-12(14(17)18)9(3)19-11/h5,8,10H,4,6-7H2,1-3H3,(H,17,18). The first-order chi connectivity index (χ1) is 8.88. The van der Waals surface area contributed by atoms with Gasteiger partial charge >= 0.3 is 5.97 Å². The molecule has 1 unspecified atom stereocenters. The van der Waals surface area contributed by atoms with Gasteiger partial charge in [-0.3, -0.25) is 4.79 Å². The van der Waals surface area contributed by atoms with Gasteiger partial charge in [0.2, 0.25) is 5.91 Å². The van der Waals surface area contributed by atoms with E-state index in [1.165, 1.54) is 6.07 Å². The molecule has 0 radical (unpaired) electrons. The number of rotatable bonds is 4. The number of carboxylic acid groups (broad SMARTS) is 1. The number of hydrogen-bond donors (Lipinski definition) is 1. The summed E-state index contributed by atoms with van der Waals surface area (Å²) in [5.74, 6) is 0.886. The second kappa shape index (κ2) is 5.07. The topological polar surface area (TPSA) is 70.8 Å². The van der Waals surface area contributed by atoms with E-state index in [2.05, 4.69) is 13.8 Å². The van der Waals surface area contributed by atoms with Crippen molar-refractivity contribution in [3.63, 3.8) is 0 Å². The van der Waals surface area contributed by atoms with Crippen LogP contribution < -0.4 is 0 Å². The molecule has 104 valence electrons. The molecule has 5 heteroatoms. The summed E-state index contributed by atoms with van der Waals surface area (Å²) in [4.78, 5) is 24.6. The Kier molecular flexibility index (Phi) is 3.64. The largest absolute Gasteiger partial charge is 0.478 e. The molecule has 1 amide bonds. The molecule has 19 heavy (non-hydrogen) atoms. The van der Waals surface area contributed by atoms with Crippen LogP contribution in [0, 0.1) is 18.8 Å². The highest BCUT2D eigenvalue weighted by atomic mass is 16.4. The number of aromatic carboxylic acids is 1. The molecule has 0 aliphatic carbocycles. The summed E-state index contributed by atoms with van der Waals surface area (Å²) < 4.78 is 5.41. The first-order valence-corrected chi connectivity index (χ1v) is 6.49. The maximum atomic E-state index is 11.9. The highest BCUT2D eigenvalue weighted by molar-refractivity contribution is 5.88. The van der Waals surface area contributed by atoms with E-state index < -0.39 is 5.97 Å². The third kappa shape index (κ3) is 2.80. The van der Waals surface area contributed by atoms with Crippen LogP contribution in [-0.4, -0.2) is 28.4 Å². The van der Waals surface area contributed by atoms with Crippen molar-refractivity contribution in [2.24, 2.45) is 11.8 Å². The summed E-state index contributed by atoms with van der Waals surface area (Å²) in [6.07, 6.45) is 0.573. The minimum atomic E-state index is -1.000. The number of nitrogens with zero attached hydrogens (tertiary/aromatic N) is 1. The molecule has 5 nitrogen and oxygen atoms in total. The molecule has 0 saturated carbocycles. The minimum absolute atomic E-state index is 0.115. The van der Waals surface area contributed by atoms with Crippen molar-refractivity contribution in [2.45, 2.75) is 33.7 Å². The lowest BCUT2D eigenvalue weighted by Gasteiger charge is -2.16. The van der Waals surface area contributed by atoms with Gasteiger partial charge in [0.25, 0.3) is 0 Å². The van der Waals surface area contributed by atoms with Crippen molar-refractivity contribution < 1.29 is 19.1 Å². The summed E-state index contributed by atoms with van der Waals surface area (Å²) in [5, 5.41) is 8.97. The van der Waals surface area contributed by atoms with Gasteiger partial charge in [-0.25, -0.2) is 4.79 Å². The molecule has 0 bridgehead atoms. The Balaban J connectivity index is 2.08. The zero-order chi connectivity index (χ0) is 14.2. The van der Waals surface area contributed by atoms with E-state index in [0.29, 0.717) is 36.3 Å². The number of likely N-dealkylation sites (tertiary alicyclic amines) is 1. The van der Waals surface area contributed by atoms with Crippen LogP contribution in [0.1, 0.15) is 42.1 Å². The monoisotopic (exact) mass is 265 g/mol. The number of carbonyl (C=O) groups excluding carboxylic acids is 1. The highest BCUT2D eigenvalue weighted by Gasteiger charge is 2.32. The van der Waals surface area contributed by atoms with Gasteiger partial charge in [-0.2, -0.15) is 0 Å². The van der Waals surface area contributed by atoms with Crippen molar-refractivity contribution >= 4 is 11.9 Å². The van der Waals surface area contributed by atoms with Crippen molar-refractivity contribution in [2.75, 3.05) is 6.54 Å². The van der Waals surface area contributed by atoms with Crippen LogP contribution in [0.3, 0.4) is 0 Å². The predicted octanol–water partition coefficient (Wildman–Crippen LogP) is 2.29. The molecule has 2 heterocycles. The second-order valence-corrected chi connectivity index (χ2v) is 5.47. The van der Waals surface area contributed by atoms with Gasteiger partial charge in [-0.15, -0.1) is 0 Å². The first kappa shape index (κ1) is 13.6. The zero-order valence-electron chi connectivity index (χ0n) is 11.5. The molecule has 1 fully saturated rings. The third-order valence-electron chi connectivity index (χ3n) is 3.73. The lowest BCUT2D eigenvalue weighted by molar-refractivity contribution is -0.128. The van der Waals surface area contributed by atoms with E-state index in [4.69, 9.17) is 9.52 Å². The quantitative estimate of drug-likeness (QED) is 0.906. The molecule has 1 aliphatic rings. The maximum absolute atomic E-state index is 11.9. The highest BCUT2D eigenvalue weighted by Crippen LogP contribution is 2.27. The smallest absolute Gasteiger partial charge is 0.339 e. The summed E-state index contributed by atoms with van der Waals surface area (Å²) >= 11 is 0. The Hall–Kier alpha value is -1.78. The van der Waals surface area contributed by atoms with Crippen LogP contribution in [0.2, 0.25) is 0 Å². The molecule has 0 spiro atoms. The van der Waals surface area contributed by atoms with Gasteiger partial charge in [0.15, 0.2) is 0 Å². The summed E-state index contributed by atoms with van der Waals surface area (Å²) in [7, 11) is 0. The van der Waals surface area contributed by atoms with E-state index >= 15 is 0 Å². The van der Waals surface area contributed by atoms with Gasteiger partial charge in [-0.1, -0.05) is 13.8 Å². The Bertz CT molecular complexity index is 504. The van der Waals surface area contributed by atoms with Gasteiger partial charge in [-0.05, 0) is 24.8 Å². The molecule has 1 atom stereocenters. The molecular formula is C14H19NO4. The van der Waals surface area contributed by atoms with Crippen LogP contribution in [0.15, 0.2) is 10.5 Å². The van der Waals surface area contributed by atoms with Gasteiger partial charge in [0, 0.05) is 13.0 Å². The predicted molar refractivity (Wildman–Crippen MR) is 68.8 cm³/mol. The van der Waals surface area contributed by atoms with Crippen LogP contribution >= 0.6 is 0 Å². The SMILES string of the molecule is Cc1oc(CN2CC(C(C)C)CC2=O)cc1C(=O)O. The fourth-order valence-electron chi connectivity index (χ4n) is 2.42. The zero-order valence-corrected chi connectivity index (χ0v) is 11.5. The Morgan fingerprint density at radius 3 is 2.74 bits per heavy atom. The third-order valence-corrected chi connectivity index (χ3v) is 3.73.